The highest BCUT2D eigenvalue weighted by atomic mass is 16.3. The van der Waals surface area contributed by atoms with Gasteiger partial charge in [0.2, 0.25) is 5.91 Å². The number of carbonyl (C=O) groups excluding carboxylic acids is 1. The third kappa shape index (κ3) is 3.76. The molecule has 2 aromatic heterocycles. The Hall–Kier alpha value is -2.34. The molecule has 2 aromatic rings. The second-order valence-electron chi connectivity index (χ2n) is 6.02. The van der Waals surface area contributed by atoms with Gasteiger partial charge in [-0.3, -0.25) is 14.4 Å². The molecule has 0 unspecified atom stereocenters. The van der Waals surface area contributed by atoms with Crippen molar-refractivity contribution in [3.8, 4) is 0 Å². The van der Waals surface area contributed by atoms with Gasteiger partial charge in [-0.2, -0.15) is 5.10 Å². The Morgan fingerprint density at radius 3 is 2.75 bits per heavy atom. The maximum absolute atomic E-state index is 12.4. The van der Waals surface area contributed by atoms with Gasteiger partial charge in [0.25, 0.3) is 0 Å². The second kappa shape index (κ2) is 7.49. The van der Waals surface area contributed by atoms with Crippen molar-refractivity contribution in [1.82, 2.24) is 19.6 Å². The van der Waals surface area contributed by atoms with Crippen LogP contribution in [0.15, 0.2) is 35.1 Å². The lowest BCUT2D eigenvalue weighted by atomic mass is 10.2. The van der Waals surface area contributed by atoms with Crippen molar-refractivity contribution in [1.29, 1.82) is 0 Å². The van der Waals surface area contributed by atoms with Gasteiger partial charge in [-0.05, 0) is 32.1 Å². The van der Waals surface area contributed by atoms with E-state index >= 15 is 0 Å². The average Bonchev–Trinajstić information content (AvgIpc) is 3.23. The first-order valence-electron chi connectivity index (χ1n) is 8.41. The Kier molecular flexibility index (Phi) is 5.15. The molecule has 0 atom stereocenters. The van der Waals surface area contributed by atoms with E-state index in [2.05, 4.69) is 16.9 Å². The monoisotopic (exact) mass is 328 g/mol. The van der Waals surface area contributed by atoms with Crippen LogP contribution in [0.1, 0.15) is 23.9 Å². The molecule has 0 spiro atoms. The van der Waals surface area contributed by atoms with Crippen LogP contribution in [-0.2, 0) is 17.9 Å². The van der Waals surface area contributed by atoms with E-state index in [0.29, 0.717) is 0 Å². The van der Waals surface area contributed by atoms with Crippen molar-refractivity contribution in [2.24, 2.45) is 0 Å². The van der Waals surface area contributed by atoms with Gasteiger partial charge in [0, 0.05) is 50.1 Å². The van der Waals surface area contributed by atoms with E-state index < -0.39 is 0 Å². The minimum atomic E-state index is 0.0660. The van der Waals surface area contributed by atoms with E-state index in [1.165, 1.54) is 0 Å². The summed E-state index contributed by atoms with van der Waals surface area (Å²) in [6, 6.07) is 3.89. The normalized spacial score (nSPS) is 16.2. The van der Waals surface area contributed by atoms with Gasteiger partial charge in [-0.1, -0.05) is 0 Å². The van der Waals surface area contributed by atoms with Crippen molar-refractivity contribution in [3.63, 3.8) is 0 Å². The third-order valence-corrected chi connectivity index (χ3v) is 4.49. The van der Waals surface area contributed by atoms with Crippen molar-refractivity contribution in [3.05, 3.63) is 47.7 Å². The zero-order valence-corrected chi connectivity index (χ0v) is 14.3. The van der Waals surface area contributed by atoms with Crippen LogP contribution >= 0.6 is 0 Å². The molecule has 0 aromatic carbocycles. The van der Waals surface area contributed by atoms with Gasteiger partial charge in [-0.15, -0.1) is 0 Å². The number of rotatable bonds is 5. The molecule has 0 N–H and O–H groups in total. The first kappa shape index (κ1) is 16.5. The summed E-state index contributed by atoms with van der Waals surface area (Å²) in [5, 5.41) is 4.30. The summed E-state index contributed by atoms with van der Waals surface area (Å²) in [5.41, 5.74) is 2.09. The van der Waals surface area contributed by atoms with Gasteiger partial charge >= 0.3 is 0 Å². The molecule has 3 rings (SSSR count). The van der Waals surface area contributed by atoms with Gasteiger partial charge in [0.05, 0.1) is 19.0 Å². The minimum Gasteiger partial charge on any atom is -0.468 e. The summed E-state index contributed by atoms with van der Waals surface area (Å²) >= 11 is 0. The molecule has 1 fully saturated rings. The molecule has 1 amide bonds. The number of aryl methyl sites for hydroxylation is 1. The van der Waals surface area contributed by atoms with Crippen LogP contribution in [0, 0.1) is 6.92 Å². The predicted octanol–water partition coefficient (Wildman–Crippen LogP) is 2.16. The molecule has 1 aliphatic rings. The van der Waals surface area contributed by atoms with Crippen molar-refractivity contribution >= 4 is 12.0 Å². The molecule has 1 aliphatic heterocycles. The largest absolute Gasteiger partial charge is 0.468 e. The van der Waals surface area contributed by atoms with Gasteiger partial charge in [-0.25, -0.2) is 0 Å². The smallest absolute Gasteiger partial charge is 0.246 e. The van der Waals surface area contributed by atoms with Crippen LogP contribution < -0.4 is 0 Å². The fraction of sp³-hybridized carbons (Fsp3) is 0.444. The lowest BCUT2D eigenvalue weighted by molar-refractivity contribution is -0.127. The highest BCUT2D eigenvalue weighted by Crippen LogP contribution is 2.12. The van der Waals surface area contributed by atoms with E-state index in [4.69, 9.17) is 4.42 Å². The molecule has 0 saturated carbocycles. The van der Waals surface area contributed by atoms with E-state index in [-0.39, 0.29) is 5.91 Å². The van der Waals surface area contributed by atoms with Gasteiger partial charge < -0.3 is 9.32 Å². The molecular formula is C18H24N4O2. The van der Waals surface area contributed by atoms with Crippen LogP contribution in [0.4, 0.5) is 0 Å². The number of aromatic nitrogens is 2. The lowest BCUT2D eigenvalue weighted by Crippen LogP contribution is -2.47. The Balaban J connectivity index is 1.51. The highest BCUT2D eigenvalue weighted by Gasteiger charge is 2.20. The Morgan fingerprint density at radius 1 is 1.33 bits per heavy atom. The molecule has 0 radical (unpaired) electrons. The third-order valence-electron chi connectivity index (χ3n) is 4.49. The van der Waals surface area contributed by atoms with Crippen molar-refractivity contribution in [2.75, 3.05) is 26.2 Å². The molecule has 24 heavy (non-hydrogen) atoms. The first-order valence-corrected chi connectivity index (χ1v) is 8.41. The maximum atomic E-state index is 12.4. The number of piperazine rings is 1. The quantitative estimate of drug-likeness (QED) is 0.789. The fourth-order valence-corrected chi connectivity index (χ4v) is 2.96. The van der Waals surface area contributed by atoms with E-state index in [1.54, 1.807) is 12.3 Å². The molecule has 0 aliphatic carbocycles. The van der Waals surface area contributed by atoms with Crippen LogP contribution in [0.25, 0.3) is 6.08 Å². The predicted molar refractivity (Wildman–Crippen MR) is 92.2 cm³/mol. The van der Waals surface area contributed by atoms with Crippen molar-refractivity contribution in [2.45, 2.75) is 26.9 Å². The van der Waals surface area contributed by atoms with Crippen molar-refractivity contribution < 1.29 is 9.21 Å². The first-order chi connectivity index (χ1) is 11.7. The number of hydrogen-bond donors (Lipinski definition) is 0. The number of carbonyl (C=O) groups is 1. The standard InChI is InChI=1S/C18H24N4O2/c1-3-22-15(2)16(13-19-22)6-7-18(23)21-10-8-20(9-11-21)14-17-5-4-12-24-17/h4-7,12-13H,3,8-11,14H2,1-2H3/b7-6+. The molecule has 0 bridgehead atoms. The zero-order valence-electron chi connectivity index (χ0n) is 14.3. The van der Waals surface area contributed by atoms with E-state index in [9.17, 15) is 4.79 Å². The molecule has 6 heteroatoms. The summed E-state index contributed by atoms with van der Waals surface area (Å²) < 4.78 is 7.31. The molecular weight excluding hydrogens is 304 g/mol. The SMILES string of the molecule is CCn1ncc(/C=C/C(=O)N2CCN(Cc3ccco3)CC2)c1C. The summed E-state index contributed by atoms with van der Waals surface area (Å²) in [4.78, 5) is 16.6. The molecule has 1 saturated heterocycles. The molecule has 6 nitrogen and oxygen atoms in total. The second-order valence-corrected chi connectivity index (χ2v) is 6.02. The highest BCUT2D eigenvalue weighted by molar-refractivity contribution is 5.91. The Morgan fingerprint density at radius 2 is 2.12 bits per heavy atom. The number of hydrogen-bond acceptors (Lipinski definition) is 4. The van der Waals surface area contributed by atoms with E-state index in [1.807, 2.05) is 40.9 Å². The molecule has 3 heterocycles. The Labute approximate surface area is 142 Å². The Bertz CT molecular complexity index is 695. The van der Waals surface area contributed by atoms with Gasteiger partial charge in [0.15, 0.2) is 0 Å². The number of amides is 1. The van der Waals surface area contributed by atoms with Crippen LogP contribution in [0.5, 0.6) is 0 Å². The van der Waals surface area contributed by atoms with Crippen LogP contribution in [0.3, 0.4) is 0 Å². The summed E-state index contributed by atoms with van der Waals surface area (Å²) in [5.74, 6) is 1.04. The fourth-order valence-electron chi connectivity index (χ4n) is 2.96. The average molecular weight is 328 g/mol. The molecule has 128 valence electrons. The summed E-state index contributed by atoms with van der Waals surface area (Å²) in [6.45, 7) is 8.95. The van der Waals surface area contributed by atoms with E-state index in [0.717, 1.165) is 56.3 Å². The lowest BCUT2D eigenvalue weighted by Gasteiger charge is -2.33. The number of furan rings is 1. The summed E-state index contributed by atoms with van der Waals surface area (Å²) in [6.07, 6.45) is 7.03. The minimum absolute atomic E-state index is 0.0660. The van der Waals surface area contributed by atoms with Crippen LogP contribution in [-0.4, -0.2) is 51.7 Å². The topological polar surface area (TPSA) is 54.5 Å². The number of nitrogens with zero attached hydrogens (tertiary/aromatic N) is 4. The van der Waals surface area contributed by atoms with Crippen LogP contribution in [0.2, 0.25) is 0 Å². The maximum Gasteiger partial charge on any atom is 0.246 e. The summed E-state index contributed by atoms with van der Waals surface area (Å²) in [7, 11) is 0. The van der Waals surface area contributed by atoms with Gasteiger partial charge in [0.1, 0.15) is 5.76 Å². The zero-order chi connectivity index (χ0) is 16.9.